The Morgan fingerprint density at radius 3 is 2.49 bits per heavy atom. The average Bonchev–Trinajstić information content (AvgIpc) is 3.38. The minimum absolute atomic E-state index is 0.149. The summed E-state index contributed by atoms with van der Waals surface area (Å²) in [5.74, 6) is 0.139. The van der Waals surface area contributed by atoms with Crippen molar-refractivity contribution in [3.63, 3.8) is 0 Å². The maximum absolute atomic E-state index is 12.6. The molecule has 196 valence electrons. The van der Waals surface area contributed by atoms with Crippen LogP contribution in [0.15, 0.2) is 60.5 Å². The third-order valence-corrected chi connectivity index (χ3v) is 6.60. The van der Waals surface area contributed by atoms with Gasteiger partial charge in [0.25, 0.3) is 5.91 Å². The Hall–Kier alpha value is -3.85. The number of hydrogen-bond donors (Lipinski definition) is 2. The summed E-state index contributed by atoms with van der Waals surface area (Å²) in [6.45, 7) is 8.86. The molecule has 0 bridgehead atoms. The molecule has 2 N–H and O–H groups in total. The normalized spacial score (nSPS) is 11.6. The lowest BCUT2D eigenvalue weighted by atomic mass is 10.0. The Morgan fingerprint density at radius 2 is 1.89 bits per heavy atom. The zero-order valence-electron chi connectivity index (χ0n) is 21.6. The number of carboxylic acid groups (broad SMARTS) is 1. The summed E-state index contributed by atoms with van der Waals surface area (Å²) in [7, 11) is 3.24. The quantitative estimate of drug-likeness (QED) is 0.295. The molecule has 3 rings (SSSR count). The maximum atomic E-state index is 12.6. The van der Waals surface area contributed by atoms with E-state index in [0.29, 0.717) is 30.8 Å². The minimum Gasteiger partial charge on any atom is -0.497 e. The lowest BCUT2D eigenvalue weighted by molar-refractivity contribution is -0.139. The van der Waals surface area contributed by atoms with Crippen LogP contribution < -0.4 is 19.7 Å². The lowest BCUT2D eigenvalue weighted by Crippen LogP contribution is -2.41. The number of rotatable bonds is 13. The third kappa shape index (κ3) is 7.33. The van der Waals surface area contributed by atoms with Crippen molar-refractivity contribution in [3.8, 4) is 22.8 Å². The van der Waals surface area contributed by atoms with Gasteiger partial charge in [-0.05, 0) is 48.2 Å². The van der Waals surface area contributed by atoms with E-state index in [2.05, 4.69) is 16.8 Å². The van der Waals surface area contributed by atoms with Gasteiger partial charge in [-0.15, -0.1) is 17.9 Å². The van der Waals surface area contributed by atoms with E-state index in [9.17, 15) is 14.7 Å². The van der Waals surface area contributed by atoms with E-state index < -0.39 is 17.9 Å². The number of carboxylic acids is 1. The van der Waals surface area contributed by atoms with Gasteiger partial charge in [-0.2, -0.15) is 0 Å². The van der Waals surface area contributed by atoms with Crippen molar-refractivity contribution in [2.24, 2.45) is 5.92 Å². The van der Waals surface area contributed by atoms with E-state index >= 15 is 0 Å². The van der Waals surface area contributed by atoms with Crippen molar-refractivity contribution < 1.29 is 24.2 Å². The van der Waals surface area contributed by atoms with E-state index in [4.69, 9.17) is 14.5 Å². The zero-order chi connectivity index (χ0) is 26.9. The second-order valence-corrected chi connectivity index (χ2v) is 9.78. The topological polar surface area (TPSA) is 101 Å². The first-order valence-electron chi connectivity index (χ1n) is 11.9. The van der Waals surface area contributed by atoms with Crippen molar-refractivity contribution in [1.29, 1.82) is 0 Å². The summed E-state index contributed by atoms with van der Waals surface area (Å²) >= 11 is 1.52. The van der Waals surface area contributed by atoms with Gasteiger partial charge in [-0.25, -0.2) is 9.78 Å². The van der Waals surface area contributed by atoms with Crippen LogP contribution in [0, 0.1) is 5.92 Å². The van der Waals surface area contributed by atoms with Crippen LogP contribution in [0.5, 0.6) is 11.5 Å². The second kappa shape index (κ2) is 12.9. The van der Waals surface area contributed by atoms with E-state index in [1.165, 1.54) is 11.3 Å². The summed E-state index contributed by atoms with van der Waals surface area (Å²) in [5, 5.41) is 14.8. The maximum Gasteiger partial charge on any atom is 0.326 e. The molecule has 8 nitrogen and oxygen atoms in total. The molecule has 1 heterocycles. The zero-order valence-corrected chi connectivity index (χ0v) is 22.4. The van der Waals surface area contributed by atoms with Gasteiger partial charge >= 0.3 is 5.97 Å². The first kappa shape index (κ1) is 27.7. The van der Waals surface area contributed by atoms with Gasteiger partial charge < -0.3 is 24.8 Å². The number of aliphatic carboxylic acids is 1. The van der Waals surface area contributed by atoms with Gasteiger partial charge in [-0.3, -0.25) is 4.79 Å². The Labute approximate surface area is 221 Å². The molecule has 0 fully saturated rings. The lowest BCUT2D eigenvalue weighted by Gasteiger charge is -2.20. The smallest absolute Gasteiger partial charge is 0.326 e. The van der Waals surface area contributed by atoms with Crippen LogP contribution in [-0.4, -0.2) is 48.8 Å². The molecule has 37 heavy (non-hydrogen) atoms. The highest BCUT2D eigenvalue weighted by atomic mass is 32.1. The van der Waals surface area contributed by atoms with Crippen LogP contribution in [0.3, 0.4) is 0 Å². The molecule has 0 saturated carbocycles. The number of anilines is 1. The van der Waals surface area contributed by atoms with Crippen molar-refractivity contribution >= 4 is 28.3 Å². The van der Waals surface area contributed by atoms with Gasteiger partial charge in [0.05, 0.1) is 19.9 Å². The summed E-state index contributed by atoms with van der Waals surface area (Å²) in [5.41, 5.74) is 3.02. The second-order valence-electron chi connectivity index (χ2n) is 8.94. The highest BCUT2D eigenvalue weighted by molar-refractivity contribution is 7.14. The Kier molecular flexibility index (Phi) is 9.68. The van der Waals surface area contributed by atoms with Crippen molar-refractivity contribution in [2.45, 2.75) is 32.9 Å². The van der Waals surface area contributed by atoms with Crippen LogP contribution in [-0.2, 0) is 11.3 Å². The van der Waals surface area contributed by atoms with Crippen molar-refractivity contribution in [1.82, 2.24) is 10.3 Å². The molecule has 1 aromatic heterocycles. The van der Waals surface area contributed by atoms with Gasteiger partial charge in [-0.1, -0.05) is 32.1 Å². The van der Waals surface area contributed by atoms with Gasteiger partial charge in [0, 0.05) is 29.6 Å². The van der Waals surface area contributed by atoms with Crippen LogP contribution in [0.25, 0.3) is 11.3 Å². The largest absolute Gasteiger partial charge is 0.497 e. The molecule has 0 aliphatic rings. The van der Waals surface area contributed by atoms with Crippen LogP contribution >= 0.6 is 11.3 Å². The Balaban J connectivity index is 1.75. The van der Waals surface area contributed by atoms with Gasteiger partial charge in [0.15, 0.2) is 5.13 Å². The van der Waals surface area contributed by atoms with Crippen molar-refractivity contribution in [3.05, 3.63) is 71.6 Å². The van der Waals surface area contributed by atoms with E-state index in [0.717, 1.165) is 27.7 Å². The number of carbonyl (C=O) groups is 2. The first-order valence-corrected chi connectivity index (χ1v) is 12.8. The predicted octanol–water partition coefficient (Wildman–Crippen LogP) is 5.25. The summed E-state index contributed by atoms with van der Waals surface area (Å²) in [6, 6.07) is 11.8. The van der Waals surface area contributed by atoms with E-state index in [1.54, 1.807) is 26.4 Å². The molecule has 0 aliphatic carbocycles. The number of carbonyl (C=O) groups excluding carboxylic acids is 1. The number of nitrogens with one attached hydrogen (secondary N) is 1. The number of aromatic nitrogens is 1. The van der Waals surface area contributed by atoms with Crippen LogP contribution in [0.4, 0.5) is 5.13 Å². The molecule has 1 atom stereocenters. The Morgan fingerprint density at radius 1 is 1.16 bits per heavy atom. The molecule has 1 amide bonds. The molecule has 0 radical (unpaired) electrons. The number of ether oxygens (including phenoxy) is 2. The monoisotopic (exact) mass is 523 g/mol. The minimum atomic E-state index is -1.03. The molecule has 2 aromatic carbocycles. The molecule has 0 saturated heterocycles. The highest BCUT2D eigenvalue weighted by Crippen LogP contribution is 2.36. The fourth-order valence-electron chi connectivity index (χ4n) is 3.83. The fourth-order valence-corrected chi connectivity index (χ4v) is 4.67. The number of amides is 1. The predicted molar refractivity (Wildman–Crippen MR) is 147 cm³/mol. The highest BCUT2D eigenvalue weighted by Gasteiger charge is 2.22. The number of benzene rings is 2. The van der Waals surface area contributed by atoms with Gasteiger partial charge in [0.2, 0.25) is 0 Å². The summed E-state index contributed by atoms with van der Waals surface area (Å²) in [6.07, 6.45) is 2.18. The summed E-state index contributed by atoms with van der Waals surface area (Å²) in [4.78, 5) is 31.0. The number of nitrogens with zero attached hydrogens (tertiary/aromatic N) is 2. The third-order valence-electron chi connectivity index (χ3n) is 5.69. The standard InChI is InChI=1S/C28H33N3O5S/c1-6-13-31(28-30-24(17-37-28)22-15-21(35-4)11-12-25(22)36-5)16-19-7-9-20(10-8-19)26(32)29-23(27(33)34)14-18(2)3/h6-12,15,17-18,23H,1,13-14,16H2,2-5H3,(H,29,32)(H,33,34). The molecule has 0 spiro atoms. The number of hydrogen-bond acceptors (Lipinski definition) is 7. The number of thiazole rings is 1. The van der Waals surface area contributed by atoms with Gasteiger partial charge in [0.1, 0.15) is 17.5 Å². The SMILES string of the molecule is C=CCN(Cc1ccc(C(=O)NC(CC(C)C)C(=O)O)cc1)c1nc(-c2cc(OC)ccc2OC)cs1. The summed E-state index contributed by atoms with van der Waals surface area (Å²) < 4.78 is 10.9. The molecule has 1 unspecified atom stereocenters. The number of methoxy groups -OCH3 is 2. The molecular weight excluding hydrogens is 490 g/mol. The van der Waals surface area contributed by atoms with Crippen molar-refractivity contribution in [2.75, 3.05) is 25.7 Å². The molecule has 3 aromatic rings. The molecule has 0 aliphatic heterocycles. The molecular formula is C28H33N3O5S. The van der Waals surface area contributed by atoms with Crippen LogP contribution in [0.2, 0.25) is 0 Å². The van der Waals surface area contributed by atoms with E-state index in [-0.39, 0.29) is 5.92 Å². The van der Waals surface area contributed by atoms with E-state index in [1.807, 2.05) is 55.6 Å². The van der Waals surface area contributed by atoms with Crippen LogP contribution in [0.1, 0.15) is 36.2 Å². The molecule has 9 heteroatoms. The Bertz CT molecular complexity index is 1220. The fraction of sp³-hybridized carbons (Fsp3) is 0.321. The first-order chi connectivity index (χ1) is 17.7. The average molecular weight is 524 g/mol.